The number of hydrogen-bond acceptors (Lipinski definition) is 4. The molecule has 0 aromatic heterocycles. The minimum absolute atomic E-state index is 0.0586. The molecule has 1 N–H and O–H groups in total. The fourth-order valence-corrected chi connectivity index (χ4v) is 2.65. The van der Waals surface area contributed by atoms with Gasteiger partial charge in [0.1, 0.15) is 28.4 Å². The third-order valence-electron chi connectivity index (χ3n) is 3.80. The van der Waals surface area contributed by atoms with E-state index in [-0.39, 0.29) is 17.1 Å². The molecule has 0 unspecified atom stereocenters. The maximum absolute atomic E-state index is 12.0. The number of rotatable bonds is 4. The molecule has 1 aromatic rings. The summed E-state index contributed by atoms with van der Waals surface area (Å²) in [5.41, 5.74) is 2.17. The maximum Gasteiger partial charge on any atom is 0.167 e. The Morgan fingerprint density at radius 2 is 2.00 bits per heavy atom. The zero-order valence-corrected chi connectivity index (χ0v) is 14.6. The van der Waals surface area contributed by atoms with Gasteiger partial charge < -0.3 is 14.6 Å². The largest absolute Gasteiger partial charge is 0.507 e. The first-order valence-electron chi connectivity index (χ1n) is 7.66. The van der Waals surface area contributed by atoms with Crippen LogP contribution in [0.2, 0.25) is 0 Å². The molecule has 1 aliphatic rings. The summed E-state index contributed by atoms with van der Waals surface area (Å²) in [6.07, 6.45) is 6.31. The van der Waals surface area contributed by atoms with Crippen LogP contribution in [0.4, 0.5) is 0 Å². The third kappa shape index (κ3) is 3.26. The Morgan fingerprint density at radius 3 is 2.52 bits per heavy atom. The highest BCUT2D eigenvalue weighted by Gasteiger charge is 2.31. The summed E-state index contributed by atoms with van der Waals surface area (Å²) < 4.78 is 11.5. The standard InChI is InChI=1S/C19H24O4/c1-11(2)7-8-13-16(21)15(12(3)20)18(22-6)14-9-10-19(4,5)23-17(13)14/h7,9-10,21H,8H2,1-6H3. The molecule has 124 valence electrons. The quantitative estimate of drug-likeness (QED) is 0.665. The van der Waals surface area contributed by atoms with Crippen molar-refractivity contribution in [3.8, 4) is 17.2 Å². The van der Waals surface area contributed by atoms with Crippen molar-refractivity contribution in [2.24, 2.45) is 0 Å². The van der Waals surface area contributed by atoms with E-state index in [0.29, 0.717) is 29.0 Å². The molecule has 0 amide bonds. The average molecular weight is 316 g/mol. The Kier molecular flexibility index (Phi) is 4.55. The summed E-state index contributed by atoms with van der Waals surface area (Å²) in [5, 5.41) is 10.7. The molecule has 23 heavy (non-hydrogen) atoms. The van der Waals surface area contributed by atoms with E-state index < -0.39 is 5.60 Å². The number of fused-ring (bicyclic) bond motifs is 1. The molecule has 0 spiro atoms. The van der Waals surface area contributed by atoms with E-state index in [4.69, 9.17) is 9.47 Å². The zero-order valence-electron chi connectivity index (χ0n) is 14.6. The van der Waals surface area contributed by atoms with Crippen LogP contribution in [-0.4, -0.2) is 23.6 Å². The molecule has 1 aromatic carbocycles. The Balaban J connectivity index is 2.80. The van der Waals surface area contributed by atoms with Crippen molar-refractivity contribution in [3.63, 3.8) is 0 Å². The molecule has 0 atom stereocenters. The summed E-state index contributed by atoms with van der Waals surface area (Å²) in [5.74, 6) is 0.641. The van der Waals surface area contributed by atoms with Gasteiger partial charge in [-0.1, -0.05) is 11.6 Å². The average Bonchev–Trinajstić information content (AvgIpc) is 2.43. The molecule has 1 heterocycles. The molecule has 0 saturated heterocycles. The second kappa shape index (κ2) is 6.11. The van der Waals surface area contributed by atoms with Gasteiger partial charge in [0.15, 0.2) is 5.78 Å². The number of allylic oxidation sites excluding steroid dienone is 2. The number of carbonyl (C=O) groups is 1. The van der Waals surface area contributed by atoms with E-state index in [1.54, 1.807) is 0 Å². The highest BCUT2D eigenvalue weighted by Crippen LogP contribution is 2.47. The normalized spacial score (nSPS) is 14.7. The van der Waals surface area contributed by atoms with Crippen molar-refractivity contribution in [1.82, 2.24) is 0 Å². The van der Waals surface area contributed by atoms with Crippen molar-refractivity contribution in [2.45, 2.75) is 46.6 Å². The van der Waals surface area contributed by atoms with Crippen LogP contribution in [0.5, 0.6) is 17.2 Å². The molecule has 1 aliphatic heterocycles. The summed E-state index contributed by atoms with van der Waals surface area (Å²) in [7, 11) is 1.49. The smallest absolute Gasteiger partial charge is 0.167 e. The van der Waals surface area contributed by atoms with Crippen molar-refractivity contribution < 1.29 is 19.4 Å². The predicted molar refractivity (Wildman–Crippen MR) is 91.5 cm³/mol. The van der Waals surface area contributed by atoms with E-state index in [1.807, 2.05) is 45.9 Å². The third-order valence-corrected chi connectivity index (χ3v) is 3.80. The van der Waals surface area contributed by atoms with E-state index >= 15 is 0 Å². The second-order valence-corrected chi connectivity index (χ2v) is 6.56. The van der Waals surface area contributed by atoms with Gasteiger partial charge in [0.2, 0.25) is 0 Å². The number of methoxy groups -OCH3 is 1. The SMILES string of the molecule is COc1c2c(c(CC=C(C)C)c(O)c1C(C)=O)OC(C)(C)C=C2. The number of Topliss-reactive ketones (excluding diaryl/α,β-unsaturated/α-hetero) is 1. The van der Waals surface area contributed by atoms with Gasteiger partial charge in [0, 0.05) is 5.56 Å². The first kappa shape index (κ1) is 17.1. The number of ether oxygens (including phenoxy) is 2. The molecule has 0 aliphatic carbocycles. The van der Waals surface area contributed by atoms with Crippen LogP contribution in [0.1, 0.15) is 56.1 Å². The highest BCUT2D eigenvalue weighted by molar-refractivity contribution is 6.02. The minimum Gasteiger partial charge on any atom is -0.507 e. The van der Waals surface area contributed by atoms with E-state index in [2.05, 4.69) is 0 Å². The molecule has 2 rings (SSSR count). The van der Waals surface area contributed by atoms with Crippen LogP contribution < -0.4 is 9.47 Å². The molecule has 0 fully saturated rings. The van der Waals surface area contributed by atoms with Crippen molar-refractivity contribution >= 4 is 11.9 Å². The van der Waals surface area contributed by atoms with Crippen LogP contribution in [0.3, 0.4) is 0 Å². The van der Waals surface area contributed by atoms with Gasteiger partial charge in [0.05, 0.1) is 12.7 Å². The summed E-state index contributed by atoms with van der Waals surface area (Å²) in [4.78, 5) is 12.0. The fourth-order valence-electron chi connectivity index (χ4n) is 2.65. The Hall–Kier alpha value is -2.23. The lowest BCUT2D eigenvalue weighted by Crippen LogP contribution is -2.28. The fraction of sp³-hybridized carbons (Fsp3) is 0.421. The lowest BCUT2D eigenvalue weighted by atomic mass is 9.92. The molecule has 0 saturated carbocycles. The van der Waals surface area contributed by atoms with Gasteiger partial charge in [-0.05, 0) is 53.2 Å². The summed E-state index contributed by atoms with van der Waals surface area (Å²) >= 11 is 0. The van der Waals surface area contributed by atoms with Gasteiger partial charge in [-0.15, -0.1) is 0 Å². The lowest BCUT2D eigenvalue weighted by molar-refractivity contribution is 0.101. The maximum atomic E-state index is 12.0. The number of benzene rings is 1. The monoisotopic (exact) mass is 316 g/mol. The highest BCUT2D eigenvalue weighted by atomic mass is 16.5. The van der Waals surface area contributed by atoms with Gasteiger partial charge in [-0.3, -0.25) is 4.79 Å². The molecular weight excluding hydrogens is 292 g/mol. The lowest BCUT2D eigenvalue weighted by Gasteiger charge is -2.31. The first-order valence-corrected chi connectivity index (χ1v) is 7.66. The van der Waals surface area contributed by atoms with Crippen LogP contribution in [0, 0.1) is 0 Å². The topological polar surface area (TPSA) is 55.8 Å². The number of carbonyl (C=O) groups excluding carboxylic acids is 1. The van der Waals surface area contributed by atoms with Crippen molar-refractivity contribution in [1.29, 1.82) is 0 Å². The second-order valence-electron chi connectivity index (χ2n) is 6.56. The van der Waals surface area contributed by atoms with Crippen LogP contribution >= 0.6 is 0 Å². The van der Waals surface area contributed by atoms with E-state index in [0.717, 1.165) is 5.57 Å². The minimum atomic E-state index is -0.484. The molecular formula is C19H24O4. The number of aromatic hydroxyl groups is 1. The van der Waals surface area contributed by atoms with Gasteiger partial charge >= 0.3 is 0 Å². The number of hydrogen-bond donors (Lipinski definition) is 1. The van der Waals surface area contributed by atoms with Gasteiger partial charge in [-0.2, -0.15) is 0 Å². The predicted octanol–water partition coefficient (Wildman–Crippen LogP) is 4.30. The molecule has 0 radical (unpaired) electrons. The Morgan fingerprint density at radius 1 is 1.35 bits per heavy atom. The van der Waals surface area contributed by atoms with Crippen molar-refractivity contribution in [3.05, 3.63) is 34.4 Å². The molecule has 4 nitrogen and oxygen atoms in total. The Labute approximate surface area is 137 Å². The Bertz CT molecular complexity index is 705. The number of phenolic OH excluding ortho intramolecular Hbond substituents is 1. The van der Waals surface area contributed by atoms with E-state index in [9.17, 15) is 9.90 Å². The van der Waals surface area contributed by atoms with Gasteiger partial charge in [0.25, 0.3) is 0 Å². The number of ketones is 1. The van der Waals surface area contributed by atoms with Crippen LogP contribution in [0.25, 0.3) is 6.08 Å². The van der Waals surface area contributed by atoms with Crippen LogP contribution in [-0.2, 0) is 6.42 Å². The first-order chi connectivity index (χ1) is 10.7. The number of phenols is 1. The molecule has 4 heteroatoms. The summed E-state index contributed by atoms with van der Waals surface area (Å²) in [6.45, 7) is 9.29. The van der Waals surface area contributed by atoms with Crippen molar-refractivity contribution in [2.75, 3.05) is 7.11 Å². The zero-order chi connectivity index (χ0) is 17.4. The van der Waals surface area contributed by atoms with Crippen LogP contribution in [0.15, 0.2) is 17.7 Å². The van der Waals surface area contributed by atoms with E-state index in [1.165, 1.54) is 14.0 Å². The van der Waals surface area contributed by atoms with Gasteiger partial charge in [-0.25, -0.2) is 0 Å². The summed E-state index contributed by atoms with van der Waals surface area (Å²) in [6, 6.07) is 0. The molecule has 0 bridgehead atoms.